The average molecular weight is 856 g/mol. The normalized spacial score (nSPS) is 10.7. The monoisotopic (exact) mass is 854 g/mol. The molecule has 6 aromatic rings. The van der Waals surface area contributed by atoms with Crippen molar-refractivity contribution in [1.29, 1.82) is 0 Å². The van der Waals surface area contributed by atoms with Crippen LogP contribution in [0.15, 0.2) is 115 Å². The van der Waals surface area contributed by atoms with E-state index in [1.165, 1.54) is 24.6 Å². The number of hydrogen-bond acceptors (Lipinski definition) is 3. The first-order valence-electron chi connectivity index (χ1n) is 19.1. The third-order valence-electron chi connectivity index (χ3n) is 9.67. The highest BCUT2D eigenvalue weighted by molar-refractivity contribution is 6.34. The highest BCUT2D eigenvalue weighted by Crippen LogP contribution is 2.34. The second kappa shape index (κ2) is 21.7. The number of hydrogen-bond donors (Lipinski definition) is 1. The molecule has 4 nitrogen and oxygen atoms in total. The van der Waals surface area contributed by atoms with Crippen LogP contribution >= 0.6 is 23.2 Å². The minimum atomic E-state index is -1.36. The number of benzene rings is 6. The second-order valence-corrected chi connectivity index (χ2v) is 15.9. The second-order valence-electron chi connectivity index (χ2n) is 15.1. The van der Waals surface area contributed by atoms with Gasteiger partial charge >= 0.3 is 5.97 Å². The van der Waals surface area contributed by atoms with Crippen molar-refractivity contribution in [2.24, 2.45) is 0 Å². The number of halogens is 5. The largest absolute Gasteiger partial charge is 0.478 e. The first-order chi connectivity index (χ1) is 27.8. The van der Waals surface area contributed by atoms with Gasteiger partial charge in [-0.25, -0.2) is 18.0 Å². The molecular weight excluding hydrogens is 804 g/mol. The fourth-order valence-electron chi connectivity index (χ4n) is 6.16. The molecule has 0 aliphatic heterocycles. The summed E-state index contributed by atoms with van der Waals surface area (Å²) in [4.78, 5) is 33.4. The van der Waals surface area contributed by atoms with Crippen LogP contribution in [-0.2, 0) is 0 Å². The summed E-state index contributed by atoms with van der Waals surface area (Å²) in [6.45, 7) is 15.4. The standard InChI is InChI=1S/C17H16ClFO.C17H17ClO.C16H14F2O2.CH4/c1-10(2)12-5-4-6-13(7-12)15-9-17(19)14(11(3)20)8-16(15)18;1-11(2)13-5-4-6-15(9-13)16-8-7-14(12(3)19)10-17(16)18;1-9(2)10-4-3-5-11(6-10)15-13(17)7-12(16(19)20)8-14(15)18;/h4-10H,1-3H3;4-11H,1-3H3;3-9H,1-2H3,(H,19,20);1H4. The Kier molecular flexibility index (Phi) is 17.6. The quantitative estimate of drug-likeness (QED) is 0.147. The van der Waals surface area contributed by atoms with E-state index < -0.39 is 29.0 Å². The molecule has 0 amide bonds. The van der Waals surface area contributed by atoms with Gasteiger partial charge in [0.1, 0.15) is 17.5 Å². The lowest BCUT2D eigenvalue weighted by Crippen LogP contribution is -2.01. The maximum Gasteiger partial charge on any atom is 0.335 e. The summed E-state index contributed by atoms with van der Waals surface area (Å²) in [5.74, 6) is -2.83. The lowest BCUT2D eigenvalue weighted by atomic mass is 9.96. The van der Waals surface area contributed by atoms with E-state index in [-0.39, 0.29) is 36.0 Å². The van der Waals surface area contributed by atoms with Crippen LogP contribution in [0.25, 0.3) is 33.4 Å². The minimum Gasteiger partial charge on any atom is -0.478 e. The number of carboxylic acid groups (broad SMARTS) is 1. The smallest absolute Gasteiger partial charge is 0.335 e. The summed E-state index contributed by atoms with van der Waals surface area (Å²) >= 11 is 12.5. The van der Waals surface area contributed by atoms with Crippen LogP contribution < -0.4 is 0 Å². The third kappa shape index (κ3) is 12.5. The molecule has 0 aliphatic carbocycles. The molecule has 0 fully saturated rings. The van der Waals surface area contributed by atoms with Crippen molar-refractivity contribution in [3.8, 4) is 33.4 Å². The van der Waals surface area contributed by atoms with Crippen LogP contribution in [0.4, 0.5) is 13.2 Å². The summed E-state index contributed by atoms with van der Waals surface area (Å²) in [7, 11) is 0. The van der Waals surface area contributed by atoms with Gasteiger partial charge in [0.2, 0.25) is 0 Å². The summed E-state index contributed by atoms with van der Waals surface area (Å²) in [5.41, 5.74) is 7.41. The molecule has 0 spiro atoms. The molecule has 1 N–H and O–H groups in total. The Morgan fingerprint density at radius 1 is 0.500 bits per heavy atom. The summed E-state index contributed by atoms with van der Waals surface area (Å²) in [6.07, 6.45) is 0. The molecule has 9 heteroatoms. The van der Waals surface area contributed by atoms with Gasteiger partial charge in [0.05, 0.1) is 16.7 Å². The van der Waals surface area contributed by atoms with E-state index in [2.05, 4.69) is 39.8 Å². The summed E-state index contributed by atoms with van der Waals surface area (Å²) in [6, 6.07) is 33.0. The topological polar surface area (TPSA) is 71.4 Å². The Hall–Kier alpha value is -5.50. The van der Waals surface area contributed by atoms with Gasteiger partial charge < -0.3 is 5.11 Å². The van der Waals surface area contributed by atoms with Gasteiger partial charge in [0.25, 0.3) is 0 Å². The fourth-order valence-corrected chi connectivity index (χ4v) is 6.72. The number of aromatic carboxylic acids is 1. The van der Waals surface area contributed by atoms with E-state index in [9.17, 15) is 27.6 Å². The van der Waals surface area contributed by atoms with Crippen molar-refractivity contribution in [2.45, 2.75) is 80.6 Å². The van der Waals surface area contributed by atoms with Crippen molar-refractivity contribution < 1.29 is 32.7 Å². The number of Topliss-reactive ketones (excluding diaryl/α,β-unsaturated/α-hetero) is 2. The number of carbonyl (C=O) groups excluding carboxylic acids is 2. The molecular formula is C51H51Cl2F3O4. The van der Waals surface area contributed by atoms with Crippen molar-refractivity contribution in [3.05, 3.63) is 176 Å². The van der Waals surface area contributed by atoms with Crippen LogP contribution in [-0.4, -0.2) is 22.6 Å². The Labute approximate surface area is 362 Å². The number of carbonyl (C=O) groups is 3. The fraction of sp³-hybridized carbons (Fsp3) is 0.235. The van der Waals surface area contributed by atoms with Gasteiger partial charge in [-0.15, -0.1) is 0 Å². The zero-order chi connectivity index (χ0) is 43.7. The maximum atomic E-state index is 14.0. The van der Waals surface area contributed by atoms with E-state index in [0.717, 1.165) is 39.9 Å². The van der Waals surface area contributed by atoms with E-state index in [4.69, 9.17) is 28.3 Å². The van der Waals surface area contributed by atoms with E-state index in [0.29, 0.717) is 38.6 Å². The van der Waals surface area contributed by atoms with Crippen LogP contribution in [0.2, 0.25) is 10.0 Å². The Morgan fingerprint density at radius 2 is 0.933 bits per heavy atom. The SMILES string of the molecule is C.CC(=O)c1cc(Cl)c(-c2cccc(C(C)C)c2)cc1F.CC(=O)c1ccc(-c2cccc(C(C)C)c2)c(Cl)c1.CC(C)c1cccc(-c2c(F)cc(C(=O)O)cc2F)c1. The highest BCUT2D eigenvalue weighted by Gasteiger charge is 2.17. The van der Waals surface area contributed by atoms with Gasteiger partial charge in [-0.1, -0.05) is 157 Å². The van der Waals surface area contributed by atoms with E-state index in [1.807, 2.05) is 68.4 Å². The summed E-state index contributed by atoms with van der Waals surface area (Å²) in [5, 5.41) is 9.78. The predicted molar refractivity (Wildman–Crippen MR) is 241 cm³/mol. The van der Waals surface area contributed by atoms with Gasteiger partial charge in [-0.05, 0) is 95.3 Å². The molecule has 0 saturated carbocycles. The number of ketones is 2. The van der Waals surface area contributed by atoms with Crippen molar-refractivity contribution in [1.82, 2.24) is 0 Å². The molecule has 0 radical (unpaired) electrons. The molecule has 0 saturated heterocycles. The molecule has 60 heavy (non-hydrogen) atoms. The lowest BCUT2D eigenvalue weighted by molar-refractivity contribution is 0.0695. The van der Waals surface area contributed by atoms with Crippen molar-refractivity contribution in [2.75, 3.05) is 0 Å². The molecule has 314 valence electrons. The molecule has 6 aromatic carbocycles. The van der Waals surface area contributed by atoms with E-state index >= 15 is 0 Å². The Morgan fingerprint density at radius 3 is 1.35 bits per heavy atom. The Bertz CT molecular complexity index is 2470. The van der Waals surface area contributed by atoms with Crippen molar-refractivity contribution >= 4 is 40.7 Å². The zero-order valence-electron chi connectivity index (χ0n) is 34.3. The third-order valence-corrected chi connectivity index (χ3v) is 10.3. The number of rotatable bonds is 9. The van der Waals surface area contributed by atoms with Crippen LogP contribution in [0.3, 0.4) is 0 Å². The van der Waals surface area contributed by atoms with E-state index in [1.54, 1.807) is 31.2 Å². The first-order valence-corrected chi connectivity index (χ1v) is 19.9. The van der Waals surface area contributed by atoms with Crippen molar-refractivity contribution in [3.63, 3.8) is 0 Å². The summed E-state index contributed by atoms with van der Waals surface area (Å²) < 4.78 is 41.9. The molecule has 0 heterocycles. The van der Waals surface area contributed by atoms with Gasteiger partial charge in [0.15, 0.2) is 11.6 Å². The maximum absolute atomic E-state index is 14.0. The highest BCUT2D eigenvalue weighted by atomic mass is 35.5. The Balaban J connectivity index is 0.000000238. The van der Waals surface area contributed by atoms with Gasteiger partial charge in [-0.2, -0.15) is 0 Å². The molecule has 0 aromatic heterocycles. The first kappa shape index (κ1) is 48.9. The molecule has 0 unspecified atom stereocenters. The molecule has 0 atom stereocenters. The van der Waals surface area contributed by atoms with Crippen LogP contribution in [0.5, 0.6) is 0 Å². The molecule has 0 bridgehead atoms. The number of carboxylic acids is 1. The predicted octanol–water partition coefficient (Wildman–Crippen LogP) is 15.9. The lowest BCUT2D eigenvalue weighted by Gasteiger charge is -2.11. The van der Waals surface area contributed by atoms with Crippen LogP contribution in [0.1, 0.15) is 128 Å². The molecule has 6 rings (SSSR count). The zero-order valence-corrected chi connectivity index (χ0v) is 35.8. The van der Waals surface area contributed by atoms with Gasteiger partial charge in [-0.3, -0.25) is 9.59 Å². The molecule has 0 aliphatic rings. The average Bonchev–Trinajstić information content (AvgIpc) is 3.18. The van der Waals surface area contributed by atoms with Gasteiger partial charge in [0, 0.05) is 26.7 Å². The minimum absolute atomic E-state index is 0. The van der Waals surface area contributed by atoms with Crippen LogP contribution in [0, 0.1) is 17.5 Å².